The summed E-state index contributed by atoms with van der Waals surface area (Å²) in [5, 5.41) is 0. The molecule has 1 amide bonds. The number of amidine groups is 1. The molecule has 0 aliphatic carbocycles. The van der Waals surface area contributed by atoms with Crippen LogP contribution >= 0.6 is 0 Å². The van der Waals surface area contributed by atoms with Gasteiger partial charge in [-0.25, -0.2) is 0 Å². The number of hydrogen-bond acceptors (Lipinski definition) is 4. The monoisotopic (exact) mass is 309 g/mol. The number of benzene rings is 2. The fraction of sp³-hybridized carbons (Fsp3) is 0.222. The van der Waals surface area contributed by atoms with Crippen LogP contribution in [-0.2, 0) is 17.6 Å². The second kappa shape index (κ2) is 6.96. The van der Waals surface area contributed by atoms with Crippen LogP contribution in [0.4, 0.5) is 0 Å². The number of rotatable bonds is 5. The molecule has 0 fully saturated rings. The van der Waals surface area contributed by atoms with Crippen molar-refractivity contribution >= 4 is 11.7 Å². The second-order valence-electron chi connectivity index (χ2n) is 5.42. The number of nitrogens with one attached hydrogen (secondary N) is 2. The molecular formula is C18H19N3O2. The fourth-order valence-corrected chi connectivity index (χ4v) is 2.50. The van der Waals surface area contributed by atoms with Crippen LogP contribution in [0.1, 0.15) is 11.1 Å². The van der Waals surface area contributed by atoms with Crippen molar-refractivity contribution in [1.82, 2.24) is 10.9 Å². The van der Waals surface area contributed by atoms with E-state index in [4.69, 9.17) is 4.74 Å². The predicted molar refractivity (Wildman–Crippen MR) is 89.3 cm³/mol. The van der Waals surface area contributed by atoms with Crippen molar-refractivity contribution in [2.45, 2.75) is 18.9 Å². The van der Waals surface area contributed by atoms with E-state index in [1.807, 2.05) is 54.6 Å². The number of carbonyl (C=O) groups excluding carboxylic acids is 1. The minimum atomic E-state index is -0.396. The van der Waals surface area contributed by atoms with E-state index in [1.54, 1.807) is 7.11 Å². The van der Waals surface area contributed by atoms with Gasteiger partial charge in [0.05, 0.1) is 7.11 Å². The Morgan fingerprint density at radius 2 is 1.74 bits per heavy atom. The number of aliphatic imine (C=N–C) groups is 1. The van der Waals surface area contributed by atoms with Crippen LogP contribution < -0.4 is 15.6 Å². The van der Waals surface area contributed by atoms with E-state index in [1.165, 1.54) is 0 Å². The van der Waals surface area contributed by atoms with E-state index in [0.717, 1.165) is 22.7 Å². The second-order valence-corrected chi connectivity index (χ2v) is 5.42. The average molecular weight is 309 g/mol. The molecule has 2 N–H and O–H groups in total. The molecule has 1 unspecified atom stereocenters. The Kier molecular flexibility index (Phi) is 4.57. The Morgan fingerprint density at radius 1 is 1.00 bits per heavy atom. The van der Waals surface area contributed by atoms with Crippen LogP contribution in [-0.4, -0.2) is 24.9 Å². The van der Waals surface area contributed by atoms with Gasteiger partial charge < -0.3 is 4.74 Å². The summed E-state index contributed by atoms with van der Waals surface area (Å²) < 4.78 is 5.15. The minimum Gasteiger partial charge on any atom is -0.497 e. The highest BCUT2D eigenvalue weighted by Crippen LogP contribution is 2.13. The number of ether oxygens (including phenoxy) is 1. The first-order valence-corrected chi connectivity index (χ1v) is 7.54. The Hall–Kier alpha value is -2.82. The number of methoxy groups -OCH3 is 1. The molecule has 1 aliphatic rings. The summed E-state index contributed by atoms with van der Waals surface area (Å²) >= 11 is 0. The number of hydrazine groups is 1. The largest absolute Gasteiger partial charge is 0.497 e. The number of hydrogen-bond donors (Lipinski definition) is 2. The van der Waals surface area contributed by atoms with Crippen molar-refractivity contribution in [3.05, 3.63) is 65.7 Å². The maximum absolute atomic E-state index is 12.0. The summed E-state index contributed by atoms with van der Waals surface area (Å²) in [6.07, 6.45) is 1.23. The fourth-order valence-electron chi connectivity index (χ4n) is 2.50. The van der Waals surface area contributed by atoms with Crippen molar-refractivity contribution in [3.63, 3.8) is 0 Å². The molecular weight excluding hydrogens is 290 g/mol. The van der Waals surface area contributed by atoms with Gasteiger partial charge in [0.2, 0.25) is 0 Å². The van der Waals surface area contributed by atoms with Crippen molar-refractivity contribution < 1.29 is 9.53 Å². The van der Waals surface area contributed by atoms with E-state index in [-0.39, 0.29) is 5.91 Å². The summed E-state index contributed by atoms with van der Waals surface area (Å²) in [7, 11) is 1.64. The first kappa shape index (κ1) is 15.1. The lowest BCUT2D eigenvalue weighted by Crippen LogP contribution is -2.52. The quantitative estimate of drug-likeness (QED) is 0.886. The molecule has 1 heterocycles. The van der Waals surface area contributed by atoms with Crippen molar-refractivity contribution in [3.8, 4) is 5.75 Å². The van der Waals surface area contributed by atoms with Crippen LogP contribution in [0.25, 0.3) is 0 Å². The van der Waals surface area contributed by atoms with Gasteiger partial charge in [-0.2, -0.15) is 0 Å². The molecule has 1 aliphatic heterocycles. The molecule has 0 spiro atoms. The normalized spacial score (nSPS) is 17.0. The lowest BCUT2D eigenvalue weighted by molar-refractivity contribution is -0.123. The summed E-state index contributed by atoms with van der Waals surface area (Å²) in [6.45, 7) is 0. The molecule has 2 aromatic carbocycles. The van der Waals surface area contributed by atoms with Crippen LogP contribution in [0.3, 0.4) is 0 Å². The highest BCUT2D eigenvalue weighted by Gasteiger charge is 2.23. The summed E-state index contributed by atoms with van der Waals surface area (Å²) in [6, 6.07) is 17.3. The molecule has 3 rings (SSSR count). The predicted octanol–water partition coefficient (Wildman–Crippen LogP) is 1.88. The van der Waals surface area contributed by atoms with Crippen LogP contribution in [0, 0.1) is 0 Å². The summed E-state index contributed by atoms with van der Waals surface area (Å²) in [5.74, 6) is 1.48. The molecule has 0 radical (unpaired) electrons. The van der Waals surface area contributed by atoms with Gasteiger partial charge in [-0.15, -0.1) is 0 Å². The van der Waals surface area contributed by atoms with E-state index in [9.17, 15) is 4.79 Å². The maximum Gasteiger partial charge on any atom is 0.263 e. The van der Waals surface area contributed by atoms with Gasteiger partial charge >= 0.3 is 0 Å². The zero-order valence-corrected chi connectivity index (χ0v) is 13.0. The topological polar surface area (TPSA) is 62.7 Å². The van der Waals surface area contributed by atoms with Gasteiger partial charge in [-0.3, -0.25) is 20.6 Å². The van der Waals surface area contributed by atoms with Gasteiger partial charge in [0, 0.05) is 12.8 Å². The first-order valence-electron chi connectivity index (χ1n) is 7.54. The zero-order valence-electron chi connectivity index (χ0n) is 13.0. The molecule has 5 nitrogen and oxygen atoms in total. The third kappa shape index (κ3) is 3.88. The van der Waals surface area contributed by atoms with E-state index in [0.29, 0.717) is 12.8 Å². The number of carbonyl (C=O) groups is 1. The van der Waals surface area contributed by atoms with Crippen molar-refractivity contribution in [2.75, 3.05) is 7.11 Å². The first-order chi connectivity index (χ1) is 11.2. The van der Waals surface area contributed by atoms with Gasteiger partial charge in [0.1, 0.15) is 17.6 Å². The maximum atomic E-state index is 12.0. The molecule has 2 aromatic rings. The molecule has 0 bridgehead atoms. The highest BCUT2D eigenvalue weighted by molar-refractivity contribution is 5.94. The van der Waals surface area contributed by atoms with Gasteiger partial charge in [0.25, 0.3) is 5.91 Å². The molecule has 0 saturated carbocycles. The smallest absolute Gasteiger partial charge is 0.263 e. The molecule has 0 aromatic heterocycles. The lowest BCUT2D eigenvalue weighted by atomic mass is 10.0. The third-order valence-corrected chi connectivity index (χ3v) is 3.75. The van der Waals surface area contributed by atoms with Gasteiger partial charge in [-0.1, -0.05) is 42.5 Å². The van der Waals surface area contributed by atoms with Crippen molar-refractivity contribution in [2.24, 2.45) is 4.99 Å². The van der Waals surface area contributed by atoms with E-state index >= 15 is 0 Å². The Labute approximate surface area is 135 Å². The standard InChI is InChI=1S/C18H19N3O2/c1-23-15-9-7-14(8-10-15)12-17-19-16(18(22)21-20-17)11-13-5-3-2-4-6-13/h2-10,16H,11-12H2,1H3,(H,19,20)(H,21,22). The minimum absolute atomic E-state index is 0.104. The molecule has 0 saturated heterocycles. The molecule has 118 valence electrons. The SMILES string of the molecule is COc1ccc(CC2=NC(Cc3ccccc3)C(=O)NN2)cc1. The molecule has 1 atom stereocenters. The molecule has 23 heavy (non-hydrogen) atoms. The van der Waals surface area contributed by atoms with E-state index < -0.39 is 6.04 Å². The van der Waals surface area contributed by atoms with Gasteiger partial charge in [0.15, 0.2) is 0 Å². The van der Waals surface area contributed by atoms with Crippen LogP contribution in [0.5, 0.6) is 5.75 Å². The van der Waals surface area contributed by atoms with Crippen molar-refractivity contribution in [1.29, 1.82) is 0 Å². The zero-order chi connectivity index (χ0) is 16.1. The lowest BCUT2D eigenvalue weighted by Gasteiger charge is -2.22. The average Bonchev–Trinajstić information content (AvgIpc) is 2.59. The van der Waals surface area contributed by atoms with E-state index in [2.05, 4.69) is 15.8 Å². The molecule has 5 heteroatoms. The summed E-state index contributed by atoms with van der Waals surface area (Å²) in [5.41, 5.74) is 7.78. The number of nitrogens with zero attached hydrogens (tertiary/aromatic N) is 1. The summed E-state index contributed by atoms with van der Waals surface area (Å²) in [4.78, 5) is 16.5. The Morgan fingerprint density at radius 3 is 2.43 bits per heavy atom. The third-order valence-electron chi connectivity index (χ3n) is 3.75. The Balaban J connectivity index is 1.71. The highest BCUT2D eigenvalue weighted by atomic mass is 16.5. The van der Waals surface area contributed by atoms with Crippen LogP contribution in [0.2, 0.25) is 0 Å². The van der Waals surface area contributed by atoms with Crippen LogP contribution in [0.15, 0.2) is 59.6 Å². The number of amides is 1. The Bertz CT molecular complexity index is 696. The van der Waals surface area contributed by atoms with Gasteiger partial charge in [-0.05, 0) is 23.3 Å².